The summed E-state index contributed by atoms with van der Waals surface area (Å²) in [5, 5.41) is 5.32. The molecule has 0 spiro atoms. The maximum absolute atomic E-state index is 13.5. The third-order valence-electron chi connectivity index (χ3n) is 7.12. The van der Waals surface area contributed by atoms with Crippen LogP contribution in [0.15, 0.2) is 12.3 Å². The standard InChI is InChI=1S/C25H37N5O2/c1-16(2)22-14-20(21-15-26-30(17(3)4)23(21)27-22)25(32)29-12-8-19(9-13-29)24(31)28-10-6-18(5)7-11-28/h14-19H,6-13H2,1-5H3. The first-order valence-electron chi connectivity index (χ1n) is 12.2. The van der Waals surface area contributed by atoms with Crippen molar-refractivity contribution in [3.8, 4) is 0 Å². The zero-order valence-corrected chi connectivity index (χ0v) is 20.2. The molecule has 0 atom stereocenters. The normalized spacial score (nSPS) is 18.8. The van der Waals surface area contributed by atoms with Crippen LogP contribution in [0.5, 0.6) is 0 Å². The van der Waals surface area contributed by atoms with Crippen molar-refractivity contribution in [1.29, 1.82) is 0 Å². The molecule has 2 fully saturated rings. The fourth-order valence-electron chi connectivity index (χ4n) is 4.88. The van der Waals surface area contributed by atoms with Crippen LogP contribution in [0.2, 0.25) is 0 Å². The minimum absolute atomic E-state index is 0.0281. The van der Waals surface area contributed by atoms with Crippen LogP contribution in [-0.2, 0) is 4.79 Å². The molecular formula is C25H37N5O2. The number of hydrogen-bond donors (Lipinski definition) is 0. The number of carbonyl (C=O) groups excluding carboxylic acids is 2. The largest absolute Gasteiger partial charge is 0.342 e. The van der Waals surface area contributed by atoms with Gasteiger partial charge in [-0.25, -0.2) is 9.67 Å². The molecule has 2 amide bonds. The lowest BCUT2D eigenvalue weighted by atomic mass is 9.92. The van der Waals surface area contributed by atoms with E-state index in [9.17, 15) is 9.59 Å². The maximum atomic E-state index is 13.5. The van der Waals surface area contributed by atoms with Gasteiger partial charge in [-0.05, 0) is 57.4 Å². The molecule has 2 aliphatic rings. The number of hydrogen-bond acceptors (Lipinski definition) is 4. The van der Waals surface area contributed by atoms with Crippen molar-refractivity contribution in [2.45, 2.75) is 72.3 Å². The Morgan fingerprint density at radius 3 is 2.19 bits per heavy atom. The molecule has 0 N–H and O–H groups in total. The number of carbonyl (C=O) groups is 2. The third kappa shape index (κ3) is 4.39. The van der Waals surface area contributed by atoms with Gasteiger partial charge in [0.05, 0.1) is 17.1 Å². The van der Waals surface area contributed by atoms with Crippen molar-refractivity contribution in [1.82, 2.24) is 24.6 Å². The van der Waals surface area contributed by atoms with Crippen molar-refractivity contribution in [2.24, 2.45) is 11.8 Å². The molecule has 32 heavy (non-hydrogen) atoms. The fraction of sp³-hybridized carbons (Fsp3) is 0.680. The van der Waals surface area contributed by atoms with Gasteiger partial charge in [-0.1, -0.05) is 20.8 Å². The number of piperidine rings is 2. The van der Waals surface area contributed by atoms with E-state index in [1.807, 2.05) is 20.5 Å². The number of likely N-dealkylation sites (tertiary alicyclic amines) is 2. The minimum atomic E-state index is 0.0281. The Labute approximate surface area is 191 Å². The van der Waals surface area contributed by atoms with E-state index in [4.69, 9.17) is 4.98 Å². The predicted octanol–water partition coefficient (Wildman–Crippen LogP) is 4.25. The minimum Gasteiger partial charge on any atom is -0.342 e. The zero-order chi connectivity index (χ0) is 23.0. The van der Waals surface area contributed by atoms with E-state index >= 15 is 0 Å². The van der Waals surface area contributed by atoms with Crippen LogP contribution in [0.4, 0.5) is 0 Å². The molecular weight excluding hydrogens is 402 g/mol. The molecule has 7 heteroatoms. The molecule has 2 aromatic heterocycles. The Morgan fingerprint density at radius 1 is 0.969 bits per heavy atom. The predicted molar refractivity (Wildman–Crippen MR) is 126 cm³/mol. The first-order valence-corrected chi connectivity index (χ1v) is 12.2. The number of nitrogens with zero attached hydrogens (tertiary/aromatic N) is 5. The lowest BCUT2D eigenvalue weighted by Crippen LogP contribution is -2.46. The summed E-state index contributed by atoms with van der Waals surface area (Å²) >= 11 is 0. The van der Waals surface area contributed by atoms with Crippen LogP contribution in [-0.4, -0.2) is 62.6 Å². The van der Waals surface area contributed by atoms with Crippen LogP contribution >= 0.6 is 0 Å². The van der Waals surface area contributed by atoms with Gasteiger partial charge in [-0.2, -0.15) is 5.10 Å². The van der Waals surface area contributed by atoms with Crippen LogP contribution in [0.25, 0.3) is 11.0 Å². The summed E-state index contributed by atoms with van der Waals surface area (Å²) in [4.78, 5) is 35.3. The summed E-state index contributed by atoms with van der Waals surface area (Å²) in [7, 11) is 0. The molecule has 2 aliphatic heterocycles. The highest BCUT2D eigenvalue weighted by Gasteiger charge is 2.32. The van der Waals surface area contributed by atoms with Crippen LogP contribution < -0.4 is 0 Å². The van der Waals surface area contributed by atoms with E-state index in [1.54, 1.807) is 6.20 Å². The van der Waals surface area contributed by atoms with E-state index in [0.717, 1.165) is 55.5 Å². The Kier molecular flexibility index (Phi) is 6.54. The highest BCUT2D eigenvalue weighted by atomic mass is 16.2. The Morgan fingerprint density at radius 2 is 1.59 bits per heavy atom. The van der Waals surface area contributed by atoms with Gasteiger partial charge >= 0.3 is 0 Å². The second-order valence-corrected chi connectivity index (χ2v) is 10.2. The maximum Gasteiger partial charge on any atom is 0.254 e. The summed E-state index contributed by atoms with van der Waals surface area (Å²) in [6.45, 7) is 13.6. The summed E-state index contributed by atoms with van der Waals surface area (Å²) < 4.78 is 1.89. The highest BCUT2D eigenvalue weighted by molar-refractivity contribution is 6.05. The first-order chi connectivity index (χ1) is 15.3. The van der Waals surface area contributed by atoms with Crippen LogP contribution in [0.3, 0.4) is 0 Å². The highest BCUT2D eigenvalue weighted by Crippen LogP contribution is 2.28. The van der Waals surface area contributed by atoms with Crippen molar-refractivity contribution < 1.29 is 9.59 Å². The molecule has 2 saturated heterocycles. The van der Waals surface area contributed by atoms with Crippen molar-refractivity contribution in [3.05, 3.63) is 23.5 Å². The van der Waals surface area contributed by atoms with E-state index in [1.165, 1.54) is 0 Å². The van der Waals surface area contributed by atoms with Crippen molar-refractivity contribution in [3.63, 3.8) is 0 Å². The van der Waals surface area contributed by atoms with Gasteiger partial charge in [0.15, 0.2) is 5.65 Å². The number of amides is 2. The Hall–Kier alpha value is -2.44. The number of fused-ring (bicyclic) bond motifs is 1. The van der Waals surface area contributed by atoms with E-state index in [2.05, 4.69) is 39.7 Å². The van der Waals surface area contributed by atoms with E-state index in [-0.39, 0.29) is 29.7 Å². The smallest absolute Gasteiger partial charge is 0.254 e. The summed E-state index contributed by atoms with van der Waals surface area (Å²) in [6.07, 6.45) is 5.46. The molecule has 4 heterocycles. The van der Waals surface area contributed by atoms with Gasteiger partial charge in [0, 0.05) is 43.8 Å². The summed E-state index contributed by atoms with van der Waals surface area (Å²) in [5.74, 6) is 1.29. The zero-order valence-electron chi connectivity index (χ0n) is 20.2. The molecule has 0 unspecified atom stereocenters. The molecule has 4 rings (SSSR count). The fourth-order valence-corrected chi connectivity index (χ4v) is 4.88. The quantitative estimate of drug-likeness (QED) is 0.714. The van der Waals surface area contributed by atoms with Gasteiger partial charge in [-0.3, -0.25) is 9.59 Å². The molecule has 0 radical (unpaired) electrons. The number of pyridine rings is 1. The van der Waals surface area contributed by atoms with Gasteiger partial charge in [0.1, 0.15) is 0 Å². The van der Waals surface area contributed by atoms with Crippen molar-refractivity contribution >= 4 is 22.8 Å². The van der Waals surface area contributed by atoms with E-state index in [0.29, 0.717) is 24.6 Å². The molecule has 0 bridgehead atoms. The molecule has 2 aromatic rings. The molecule has 7 nitrogen and oxygen atoms in total. The topological polar surface area (TPSA) is 71.3 Å². The Balaban J connectivity index is 1.50. The van der Waals surface area contributed by atoms with E-state index < -0.39 is 0 Å². The molecule has 174 valence electrons. The summed E-state index contributed by atoms with van der Waals surface area (Å²) in [6, 6.07) is 2.11. The van der Waals surface area contributed by atoms with Gasteiger partial charge in [-0.15, -0.1) is 0 Å². The first kappa shape index (κ1) is 22.7. The lowest BCUT2D eigenvalue weighted by molar-refractivity contribution is -0.138. The number of rotatable bonds is 4. The number of aromatic nitrogens is 3. The van der Waals surface area contributed by atoms with Gasteiger partial charge in [0.2, 0.25) is 5.91 Å². The molecule has 0 aliphatic carbocycles. The third-order valence-corrected chi connectivity index (χ3v) is 7.12. The van der Waals surface area contributed by atoms with Crippen molar-refractivity contribution in [2.75, 3.05) is 26.2 Å². The van der Waals surface area contributed by atoms with Crippen LogP contribution in [0.1, 0.15) is 88.3 Å². The molecule has 0 aromatic carbocycles. The Bertz CT molecular complexity index is 980. The average Bonchev–Trinajstić information content (AvgIpc) is 3.22. The SMILES string of the molecule is CC1CCN(C(=O)C2CCN(C(=O)c3cc(C(C)C)nc4c3cnn4C(C)C)CC2)CC1. The second kappa shape index (κ2) is 9.20. The second-order valence-electron chi connectivity index (χ2n) is 10.2. The molecule has 0 saturated carbocycles. The monoisotopic (exact) mass is 439 g/mol. The average molecular weight is 440 g/mol. The van der Waals surface area contributed by atoms with Gasteiger partial charge < -0.3 is 9.80 Å². The van der Waals surface area contributed by atoms with Crippen LogP contribution in [0, 0.1) is 11.8 Å². The van der Waals surface area contributed by atoms with Gasteiger partial charge in [0.25, 0.3) is 5.91 Å². The summed E-state index contributed by atoms with van der Waals surface area (Å²) in [5.41, 5.74) is 2.37. The lowest BCUT2D eigenvalue weighted by Gasteiger charge is -2.36.